The second kappa shape index (κ2) is 8.86. The average molecular weight is 418 g/mol. The van der Waals surface area contributed by atoms with E-state index in [0.717, 1.165) is 47.7 Å². The van der Waals surface area contributed by atoms with Crippen LogP contribution in [0.4, 0.5) is 0 Å². The summed E-state index contributed by atoms with van der Waals surface area (Å²) in [6.07, 6.45) is 0. The molecular formula is C25H26N2O4. The summed E-state index contributed by atoms with van der Waals surface area (Å²) in [7, 11) is 0. The van der Waals surface area contributed by atoms with Gasteiger partial charge < -0.3 is 19.1 Å². The van der Waals surface area contributed by atoms with E-state index in [2.05, 4.69) is 23.1 Å². The number of hydrogen-bond acceptors (Lipinski definition) is 5. The smallest absolute Gasteiger partial charge is 0.260 e. The van der Waals surface area contributed by atoms with Crippen molar-refractivity contribution in [3.63, 3.8) is 0 Å². The van der Waals surface area contributed by atoms with Gasteiger partial charge in [0, 0.05) is 32.7 Å². The zero-order valence-electron chi connectivity index (χ0n) is 17.5. The van der Waals surface area contributed by atoms with Gasteiger partial charge in [0.25, 0.3) is 5.91 Å². The number of benzene rings is 3. The molecule has 0 N–H and O–H groups in total. The average Bonchev–Trinajstić information content (AvgIpc) is 2.83. The molecule has 1 saturated heterocycles. The van der Waals surface area contributed by atoms with E-state index < -0.39 is 0 Å². The summed E-state index contributed by atoms with van der Waals surface area (Å²) in [5, 5.41) is 2.27. The maximum absolute atomic E-state index is 12.6. The summed E-state index contributed by atoms with van der Waals surface area (Å²) in [5.41, 5.74) is 1.20. The van der Waals surface area contributed by atoms with Gasteiger partial charge in [-0.2, -0.15) is 0 Å². The standard InChI is InChI=1S/C25H26N2O4/c28-25(18-31-22-7-6-20-3-1-2-4-21(20)16-22)27-11-9-26(10-12-27)17-19-5-8-23-24(15-19)30-14-13-29-23/h1-8,15-16H,9-14,17-18H2. The maximum atomic E-state index is 12.6. The first-order chi connectivity index (χ1) is 15.2. The second-order valence-corrected chi connectivity index (χ2v) is 7.93. The van der Waals surface area contributed by atoms with Crippen molar-refractivity contribution >= 4 is 16.7 Å². The molecule has 3 aromatic rings. The van der Waals surface area contributed by atoms with Crippen LogP contribution in [0.25, 0.3) is 10.8 Å². The van der Waals surface area contributed by atoms with Crippen LogP contribution in [0.3, 0.4) is 0 Å². The van der Waals surface area contributed by atoms with Crippen molar-refractivity contribution in [2.75, 3.05) is 46.0 Å². The Kier molecular flexibility index (Phi) is 5.63. The highest BCUT2D eigenvalue weighted by Crippen LogP contribution is 2.31. The fourth-order valence-corrected chi connectivity index (χ4v) is 4.09. The molecular weight excluding hydrogens is 392 g/mol. The maximum Gasteiger partial charge on any atom is 0.260 e. The minimum atomic E-state index is 0.0344. The summed E-state index contributed by atoms with van der Waals surface area (Å²) in [6, 6.07) is 20.2. The highest BCUT2D eigenvalue weighted by molar-refractivity contribution is 5.84. The van der Waals surface area contributed by atoms with E-state index in [-0.39, 0.29) is 12.5 Å². The van der Waals surface area contributed by atoms with Crippen molar-refractivity contribution in [3.05, 3.63) is 66.2 Å². The quantitative estimate of drug-likeness (QED) is 0.636. The van der Waals surface area contributed by atoms with Gasteiger partial charge in [-0.1, -0.05) is 36.4 Å². The normalized spacial score (nSPS) is 16.3. The lowest BCUT2D eigenvalue weighted by molar-refractivity contribution is -0.135. The highest BCUT2D eigenvalue weighted by atomic mass is 16.6. The van der Waals surface area contributed by atoms with Crippen LogP contribution in [-0.2, 0) is 11.3 Å². The van der Waals surface area contributed by atoms with Crippen LogP contribution in [0.15, 0.2) is 60.7 Å². The second-order valence-electron chi connectivity index (χ2n) is 7.93. The van der Waals surface area contributed by atoms with Crippen LogP contribution in [0.5, 0.6) is 17.2 Å². The molecule has 1 amide bonds. The fourth-order valence-electron chi connectivity index (χ4n) is 4.09. The fraction of sp³-hybridized carbons (Fsp3) is 0.320. The van der Waals surface area contributed by atoms with Crippen molar-refractivity contribution in [1.82, 2.24) is 9.80 Å². The molecule has 1 fully saturated rings. The van der Waals surface area contributed by atoms with Crippen LogP contribution >= 0.6 is 0 Å². The molecule has 2 aliphatic heterocycles. The van der Waals surface area contributed by atoms with E-state index in [1.165, 1.54) is 5.56 Å². The van der Waals surface area contributed by atoms with Gasteiger partial charge >= 0.3 is 0 Å². The van der Waals surface area contributed by atoms with E-state index >= 15 is 0 Å². The van der Waals surface area contributed by atoms with Crippen molar-refractivity contribution in [2.24, 2.45) is 0 Å². The lowest BCUT2D eigenvalue weighted by atomic mass is 10.1. The van der Waals surface area contributed by atoms with Crippen molar-refractivity contribution in [2.45, 2.75) is 6.54 Å². The lowest BCUT2D eigenvalue weighted by Crippen LogP contribution is -2.49. The molecule has 2 aliphatic rings. The van der Waals surface area contributed by atoms with Gasteiger partial charge in [-0.3, -0.25) is 9.69 Å². The van der Waals surface area contributed by atoms with Crippen LogP contribution in [0.1, 0.15) is 5.56 Å². The summed E-state index contributed by atoms with van der Waals surface area (Å²) >= 11 is 0. The zero-order valence-corrected chi connectivity index (χ0v) is 17.5. The third kappa shape index (κ3) is 4.59. The Hall–Kier alpha value is -3.25. The topological polar surface area (TPSA) is 51.2 Å². The van der Waals surface area contributed by atoms with E-state index in [4.69, 9.17) is 14.2 Å². The van der Waals surface area contributed by atoms with E-state index in [0.29, 0.717) is 26.3 Å². The summed E-state index contributed by atoms with van der Waals surface area (Å²) < 4.78 is 17.0. The molecule has 0 aromatic heterocycles. The number of hydrogen-bond donors (Lipinski definition) is 0. The van der Waals surface area contributed by atoms with Crippen molar-refractivity contribution in [3.8, 4) is 17.2 Å². The number of fused-ring (bicyclic) bond motifs is 2. The predicted octanol–water partition coefficient (Wildman–Crippen LogP) is 3.33. The molecule has 3 aromatic carbocycles. The first kappa shape index (κ1) is 19.7. The van der Waals surface area contributed by atoms with Gasteiger partial charge in [0.05, 0.1) is 0 Å². The molecule has 0 spiro atoms. The first-order valence-electron chi connectivity index (χ1n) is 10.7. The molecule has 0 atom stereocenters. The molecule has 0 saturated carbocycles. The minimum absolute atomic E-state index is 0.0344. The first-order valence-corrected chi connectivity index (χ1v) is 10.7. The molecule has 31 heavy (non-hydrogen) atoms. The molecule has 0 aliphatic carbocycles. The highest BCUT2D eigenvalue weighted by Gasteiger charge is 2.22. The molecule has 6 nitrogen and oxygen atoms in total. The molecule has 6 heteroatoms. The number of amides is 1. The molecule has 160 valence electrons. The van der Waals surface area contributed by atoms with Gasteiger partial charge in [0.15, 0.2) is 18.1 Å². The number of ether oxygens (including phenoxy) is 3. The van der Waals surface area contributed by atoms with Gasteiger partial charge in [-0.25, -0.2) is 0 Å². The van der Waals surface area contributed by atoms with Crippen LogP contribution in [0.2, 0.25) is 0 Å². The van der Waals surface area contributed by atoms with Crippen LogP contribution in [0, 0.1) is 0 Å². The lowest BCUT2D eigenvalue weighted by Gasteiger charge is -2.34. The predicted molar refractivity (Wildman–Crippen MR) is 119 cm³/mol. The minimum Gasteiger partial charge on any atom is -0.486 e. The molecule has 0 radical (unpaired) electrons. The molecule has 0 bridgehead atoms. The zero-order chi connectivity index (χ0) is 21.0. The summed E-state index contributed by atoms with van der Waals surface area (Å²) in [6.45, 7) is 5.22. The third-order valence-electron chi connectivity index (χ3n) is 5.82. The van der Waals surface area contributed by atoms with Gasteiger partial charge in [-0.05, 0) is 40.6 Å². The van der Waals surface area contributed by atoms with Crippen LogP contribution < -0.4 is 14.2 Å². The number of carbonyl (C=O) groups excluding carboxylic acids is 1. The van der Waals surface area contributed by atoms with Crippen molar-refractivity contribution in [1.29, 1.82) is 0 Å². The monoisotopic (exact) mass is 418 g/mol. The van der Waals surface area contributed by atoms with E-state index in [1.54, 1.807) is 0 Å². The van der Waals surface area contributed by atoms with Gasteiger partial charge in [0.2, 0.25) is 0 Å². The molecule has 5 rings (SSSR count). The Balaban J connectivity index is 1.11. The van der Waals surface area contributed by atoms with Crippen LogP contribution in [-0.4, -0.2) is 61.7 Å². The van der Waals surface area contributed by atoms with E-state index in [1.807, 2.05) is 47.4 Å². The van der Waals surface area contributed by atoms with Gasteiger partial charge in [-0.15, -0.1) is 0 Å². The number of nitrogens with zero attached hydrogens (tertiary/aromatic N) is 2. The van der Waals surface area contributed by atoms with E-state index in [9.17, 15) is 4.79 Å². The summed E-state index contributed by atoms with van der Waals surface area (Å²) in [5.74, 6) is 2.40. The Labute approximate surface area is 181 Å². The number of carbonyl (C=O) groups is 1. The largest absolute Gasteiger partial charge is 0.486 e. The number of piperazine rings is 1. The van der Waals surface area contributed by atoms with Gasteiger partial charge in [0.1, 0.15) is 19.0 Å². The van der Waals surface area contributed by atoms with Crippen molar-refractivity contribution < 1.29 is 19.0 Å². The Morgan fingerprint density at radius 2 is 1.61 bits per heavy atom. The summed E-state index contributed by atoms with van der Waals surface area (Å²) in [4.78, 5) is 16.9. The molecule has 0 unspecified atom stereocenters. The Bertz CT molecular complexity index is 1080. The Morgan fingerprint density at radius 3 is 2.45 bits per heavy atom. The SMILES string of the molecule is O=C(COc1ccc2ccccc2c1)N1CCN(Cc2ccc3c(c2)OCCO3)CC1. The Morgan fingerprint density at radius 1 is 0.839 bits per heavy atom. The number of rotatable bonds is 5. The third-order valence-corrected chi connectivity index (χ3v) is 5.82. The molecule has 2 heterocycles.